The van der Waals surface area contributed by atoms with Crippen molar-refractivity contribution in [2.45, 2.75) is 13.5 Å². The van der Waals surface area contributed by atoms with Gasteiger partial charge in [-0.15, -0.1) is 0 Å². The Balaban J connectivity index is 1.97. The van der Waals surface area contributed by atoms with Gasteiger partial charge in [0.1, 0.15) is 11.2 Å². The monoisotopic (exact) mass is 276 g/mol. The van der Waals surface area contributed by atoms with E-state index in [0.29, 0.717) is 23.3 Å². The van der Waals surface area contributed by atoms with Crippen molar-refractivity contribution in [1.82, 2.24) is 20.2 Å². The minimum Gasteiger partial charge on any atom is -0.317 e. The van der Waals surface area contributed by atoms with Gasteiger partial charge in [-0.3, -0.25) is 9.69 Å². The molecule has 0 bridgehead atoms. The average Bonchev–Trinajstić information content (AvgIpc) is 2.46. The fourth-order valence-corrected chi connectivity index (χ4v) is 2.49. The van der Waals surface area contributed by atoms with E-state index in [-0.39, 0.29) is 16.9 Å². The molecule has 106 valence electrons. The van der Waals surface area contributed by atoms with Crippen molar-refractivity contribution in [3.05, 3.63) is 39.6 Å². The first kappa shape index (κ1) is 13.2. The van der Waals surface area contributed by atoms with Gasteiger partial charge in [0.2, 0.25) is 0 Å². The van der Waals surface area contributed by atoms with Gasteiger partial charge in [0.05, 0.1) is 5.52 Å². The SMILES string of the molecule is Cc1nc2ccc(CN3CCNCC3)c(F)c2[nH]c1=O. The largest absolute Gasteiger partial charge is 0.317 e. The Morgan fingerprint density at radius 2 is 2.10 bits per heavy atom. The molecule has 0 spiro atoms. The minimum atomic E-state index is -0.370. The highest BCUT2D eigenvalue weighted by molar-refractivity contribution is 5.75. The lowest BCUT2D eigenvalue weighted by Gasteiger charge is -2.27. The van der Waals surface area contributed by atoms with Gasteiger partial charge in [-0.05, 0) is 13.0 Å². The van der Waals surface area contributed by atoms with E-state index in [1.54, 1.807) is 19.1 Å². The predicted molar refractivity (Wildman–Crippen MR) is 75.2 cm³/mol. The molecule has 0 amide bonds. The number of aromatic nitrogens is 2. The molecule has 0 radical (unpaired) electrons. The third-order valence-corrected chi connectivity index (χ3v) is 3.66. The van der Waals surface area contributed by atoms with Gasteiger partial charge in [0.25, 0.3) is 5.56 Å². The number of H-pyrrole nitrogens is 1. The van der Waals surface area contributed by atoms with Gasteiger partial charge in [0, 0.05) is 38.3 Å². The van der Waals surface area contributed by atoms with Crippen LogP contribution < -0.4 is 10.9 Å². The summed E-state index contributed by atoms with van der Waals surface area (Å²) < 4.78 is 14.5. The smallest absolute Gasteiger partial charge is 0.269 e. The molecule has 0 atom stereocenters. The van der Waals surface area contributed by atoms with Crippen molar-refractivity contribution in [2.75, 3.05) is 26.2 Å². The van der Waals surface area contributed by atoms with Crippen LogP contribution in [0.25, 0.3) is 11.0 Å². The lowest BCUT2D eigenvalue weighted by atomic mass is 10.1. The van der Waals surface area contributed by atoms with Gasteiger partial charge in [-0.1, -0.05) is 6.07 Å². The number of aryl methyl sites for hydroxylation is 1. The van der Waals surface area contributed by atoms with E-state index in [1.165, 1.54) is 0 Å². The maximum atomic E-state index is 14.5. The van der Waals surface area contributed by atoms with Crippen LogP contribution in [0.1, 0.15) is 11.3 Å². The summed E-state index contributed by atoms with van der Waals surface area (Å²) in [6, 6.07) is 3.52. The highest BCUT2D eigenvalue weighted by Crippen LogP contribution is 2.18. The normalized spacial score (nSPS) is 16.7. The van der Waals surface area contributed by atoms with E-state index >= 15 is 0 Å². The molecule has 20 heavy (non-hydrogen) atoms. The molecule has 5 nitrogen and oxygen atoms in total. The Morgan fingerprint density at radius 3 is 2.85 bits per heavy atom. The minimum absolute atomic E-state index is 0.202. The molecule has 1 aromatic carbocycles. The molecule has 1 aliphatic rings. The van der Waals surface area contributed by atoms with Gasteiger partial charge >= 0.3 is 0 Å². The second-order valence-electron chi connectivity index (χ2n) is 5.11. The number of hydrogen-bond acceptors (Lipinski definition) is 4. The molecule has 2 heterocycles. The standard InChI is InChI=1S/C14H17FN4O/c1-9-14(20)18-13-11(17-9)3-2-10(12(13)15)8-19-6-4-16-5-7-19/h2-3,16H,4-8H2,1H3,(H,18,20). The summed E-state index contributed by atoms with van der Waals surface area (Å²) in [6.07, 6.45) is 0. The number of aromatic amines is 1. The molecule has 1 aromatic heterocycles. The molecule has 2 N–H and O–H groups in total. The molecule has 1 saturated heterocycles. The molecular formula is C14H17FN4O. The number of nitrogens with one attached hydrogen (secondary N) is 2. The Labute approximate surface area is 115 Å². The molecule has 0 saturated carbocycles. The van der Waals surface area contributed by atoms with Crippen LogP contribution in [0.15, 0.2) is 16.9 Å². The fraction of sp³-hybridized carbons (Fsp3) is 0.429. The highest BCUT2D eigenvalue weighted by Gasteiger charge is 2.15. The molecule has 0 unspecified atom stereocenters. The lowest BCUT2D eigenvalue weighted by Crippen LogP contribution is -2.43. The first-order chi connectivity index (χ1) is 9.65. The molecule has 1 aliphatic heterocycles. The topological polar surface area (TPSA) is 61.0 Å². The van der Waals surface area contributed by atoms with Crippen LogP contribution in [0.2, 0.25) is 0 Å². The number of halogens is 1. The fourth-order valence-electron chi connectivity index (χ4n) is 2.49. The summed E-state index contributed by atoms with van der Waals surface area (Å²) in [4.78, 5) is 20.5. The van der Waals surface area contributed by atoms with Crippen LogP contribution in [0, 0.1) is 12.7 Å². The molecule has 6 heteroatoms. The van der Waals surface area contributed by atoms with Crippen molar-refractivity contribution in [3.63, 3.8) is 0 Å². The summed E-state index contributed by atoms with van der Waals surface area (Å²) in [5.41, 5.74) is 1.31. The molecule has 1 fully saturated rings. The van der Waals surface area contributed by atoms with Gasteiger partial charge in [0.15, 0.2) is 5.82 Å². The van der Waals surface area contributed by atoms with E-state index in [2.05, 4.69) is 20.2 Å². The van der Waals surface area contributed by atoms with Crippen LogP contribution in [0.5, 0.6) is 0 Å². The van der Waals surface area contributed by atoms with E-state index in [1.807, 2.05) is 0 Å². The maximum Gasteiger partial charge on any atom is 0.269 e. The van der Waals surface area contributed by atoms with Crippen molar-refractivity contribution >= 4 is 11.0 Å². The Hall–Kier alpha value is -1.79. The van der Waals surface area contributed by atoms with Crippen molar-refractivity contribution in [1.29, 1.82) is 0 Å². The Bertz CT molecular complexity index is 691. The highest BCUT2D eigenvalue weighted by atomic mass is 19.1. The lowest BCUT2D eigenvalue weighted by molar-refractivity contribution is 0.230. The number of rotatable bonds is 2. The molecule has 3 rings (SSSR count). The zero-order valence-corrected chi connectivity index (χ0v) is 11.4. The predicted octanol–water partition coefficient (Wildman–Crippen LogP) is 0.776. The second kappa shape index (κ2) is 5.30. The first-order valence-corrected chi connectivity index (χ1v) is 6.76. The molecular weight excluding hydrogens is 259 g/mol. The van der Waals surface area contributed by atoms with Crippen LogP contribution in [0.3, 0.4) is 0 Å². The summed E-state index contributed by atoms with van der Waals surface area (Å²) in [5.74, 6) is -0.370. The van der Waals surface area contributed by atoms with Crippen LogP contribution >= 0.6 is 0 Å². The molecule has 0 aliphatic carbocycles. The number of piperazine rings is 1. The third-order valence-electron chi connectivity index (χ3n) is 3.66. The third kappa shape index (κ3) is 2.44. The Kier molecular flexibility index (Phi) is 3.50. The van der Waals surface area contributed by atoms with E-state index in [0.717, 1.165) is 26.2 Å². The van der Waals surface area contributed by atoms with E-state index < -0.39 is 0 Å². The Morgan fingerprint density at radius 1 is 1.35 bits per heavy atom. The van der Waals surface area contributed by atoms with Gasteiger partial charge in [-0.2, -0.15) is 0 Å². The summed E-state index contributed by atoms with van der Waals surface area (Å²) in [6.45, 7) is 5.82. The van der Waals surface area contributed by atoms with E-state index in [9.17, 15) is 9.18 Å². The van der Waals surface area contributed by atoms with Crippen LogP contribution in [0.4, 0.5) is 4.39 Å². The van der Waals surface area contributed by atoms with Gasteiger partial charge in [-0.25, -0.2) is 9.37 Å². The number of hydrogen-bond donors (Lipinski definition) is 2. The zero-order valence-electron chi connectivity index (χ0n) is 11.4. The van der Waals surface area contributed by atoms with Gasteiger partial charge < -0.3 is 10.3 Å². The number of benzene rings is 1. The summed E-state index contributed by atoms with van der Waals surface area (Å²) in [7, 11) is 0. The molecule has 2 aromatic rings. The number of nitrogens with zero attached hydrogens (tertiary/aromatic N) is 2. The first-order valence-electron chi connectivity index (χ1n) is 6.76. The zero-order chi connectivity index (χ0) is 14.1. The van der Waals surface area contributed by atoms with E-state index in [4.69, 9.17) is 0 Å². The van der Waals surface area contributed by atoms with Crippen molar-refractivity contribution in [2.24, 2.45) is 0 Å². The second-order valence-corrected chi connectivity index (χ2v) is 5.11. The summed E-state index contributed by atoms with van der Waals surface area (Å²) in [5, 5.41) is 3.27. The van der Waals surface area contributed by atoms with Crippen molar-refractivity contribution in [3.8, 4) is 0 Å². The van der Waals surface area contributed by atoms with Crippen LogP contribution in [-0.4, -0.2) is 41.0 Å². The quantitative estimate of drug-likeness (QED) is 0.851. The average molecular weight is 276 g/mol. The van der Waals surface area contributed by atoms with Crippen molar-refractivity contribution < 1.29 is 4.39 Å². The maximum absolute atomic E-state index is 14.5. The van der Waals surface area contributed by atoms with Crippen LogP contribution in [-0.2, 0) is 6.54 Å². The summed E-state index contributed by atoms with van der Waals surface area (Å²) >= 11 is 0. The number of fused-ring (bicyclic) bond motifs is 1.